The SMILES string of the molecule is CCCCCC[C@H](CCCCC[C@@H](C)C(N)=O)OC(=O)[C@@H]1CC=CN1C(=O)c1cccc(OCOCC[Si](C)(C)C)c1.COC(=O)[C@@H]1CC=CN1C(=O)c1cccc(OCOCC[Si](C)(C)C)c1. The maximum absolute atomic E-state index is 13.4. The average molecular weight is 980 g/mol. The summed E-state index contributed by atoms with van der Waals surface area (Å²) in [6, 6.07) is 14.7. The van der Waals surface area contributed by atoms with Gasteiger partial charge in [0, 0.05) is 58.8 Å². The molecule has 4 atom stereocenters. The van der Waals surface area contributed by atoms with Crippen molar-refractivity contribution in [1.82, 2.24) is 9.80 Å². The van der Waals surface area contributed by atoms with Crippen molar-refractivity contribution in [3.05, 3.63) is 84.2 Å². The number of carbonyl (C=O) groups excluding carboxylic acids is 5. The van der Waals surface area contributed by atoms with Gasteiger partial charge in [-0.05, 0) is 93.4 Å². The van der Waals surface area contributed by atoms with Crippen molar-refractivity contribution in [2.24, 2.45) is 11.7 Å². The first-order valence-electron chi connectivity index (χ1n) is 24.5. The van der Waals surface area contributed by atoms with Crippen molar-refractivity contribution in [2.45, 2.75) is 160 Å². The fourth-order valence-electron chi connectivity index (χ4n) is 7.29. The van der Waals surface area contributed by atoms with Gasteiger partial charge in [0.25, 0.3) is 11.8 Å². The van der Waals surface area contributed by atoms with E-state index in [0.29, 0.717) is 48.7 Å². The van der Waals surface area contributed by atoms with Crippen molar-refractivity contribution >= 4 is 45.8 Å². The topological polar surface area (TPSA) is 173 Å². The van der Waals surface area contributed by atoms with E-state index in [4.69, 9.17) is 34.2 Å². The maximum atomic E-state index is 13.4. The first-order valence-corrected chi connectivity index (χ1v) is 31.9. The third-order valence-electron chi connectivity index (χ3n) is 11.7. The molecule has 2 aliphatic rings. The summed E-state index contributed by atoms with van der Waals surface area (Å²) < 4.78 is 33.3. The zero-order valence-corrected chi connectivity index (χ0v) is 44.4. The van der Waals surface area contributed by atoms with Crippen molar-refractivity contribution in [3.63, 3.8) is 0 Å². The smallest absolute Gasteiger partial charge is 0.329 e. The quantitative estimate of drug-likeness (QED) is 0.0356. The molecule has 2 aromatic rings. The van der Waals surface area contributed by atoms with E-state index in [9.17, 15) is 24.0 Å². The van der Waals surface area contributed by atoms with Gasteiger partial charge >= 0.3 is 11.9 Å². The number of hydrogen-bond donors (Lipinski definition) is 1. The van der Waals surface area contributed by atoms with Crippen LogP contribution in [0.5, 0.6) is 11.5 Å². The van der Waals surface area contributed by atoms with E-state index in [0.717, 1.165) is 76.3 Å². The van der Waals surface area contributed by atoms with Gasteiger partial charge in [0.05, 0.1) is 7.11 Å². The van der Waals surface area contributed by atoms with Crippen LogP contribution in [0.4, 0.5) is 0 Å². The summed E-state index contributed by atoms with van der Waals surface area (Å²) in [6.07, 6.45) is 17.2. The van der Waals surface area contributed by atoms with E-state index in [1.54, 1.807) is 67.0 Å². The molecular weight excluding hydrogens is 899 g/mol. The van der Waals surface area contributed by atoms with Crippen LogP contribution in [-0.2, 0) is 33.3 Å². The normalized spacial score (nSPS) is 16.4. The maximum Gasteiger partial charge on any atom is 0.329 e. The molecule has 2 N–H and O–H groups in total. The predicted molar refractivity (Wildman–Crippen MR) is 272 cm³/mol. The van der Waals surface area contributed by atoms with Gasteiger partial charge in [0.2, 0.25) is 5.91 Å². The van der Waals surface area contributed by atoms with Gasteiger partial charge in [-0.15, -0.1) is 0 Å². The Morgan fingerprint density at radius 3 is 1.56 bits per heavy atom. The molecule has 0 fully saturated rings. The van der Waals surface area contributed by atoms with Crippen molar-refractivity contribution in [2.75, 3.05) is 33.9 Å². The lowest BCUT2D eigenvalue weighted by molar-refractivity contribution is -0.154. The number of benzene rings is 2. The largest absolute Gasteiger partial charge is 0.468 e. The summed E-state index contributed by atoms with van der Waals surface area (Å²) >= 11 is 0. The molecule has 2 heterocycles. The average Bonchev–Trinajstić information content (AvgIpc) is 4.00. The summed E-state index contributed by atoms with van der Waals surface area (Å²) in [7, 11) is -0.969. The molecule has 16 heteroatoms. The Morgan fingerprint density at radius 1 is 0.662 bits per heavy atom. The number of nitrogens with zero attached hydrogens (tertiary/aromatic N) is 2. The molecule has 2 aromatic carbocycles. The molecule has 0 aliphatic carbocycles. The lowest BCUT2D eigenvalue weighted by Gasteiger charge is -2.26. The number of hydrogen-bond acceptors (Lipinski definition) is 11. The molecule has 0 unspecified atom stereocenters. The van der Waals surface area contributed by atoms with Crippen LogP contribution < -0.4 is 15.2 Å². The van der Waals surface area contributed by atoms with Crippen molar-refractivity contribution in [3.8, 4) is 11.5 Å². The monoisotopic (exact) mass is 980 g/mol. The predicted octanol–water partition coefficient (Wildman–Crippen LogP) is 10.3. The molecule has 0 radical (unpaired) electrons. The van der Waals surface area contributed by atoms with E-state index in [1.165, 1.54) is 16.9 Å². The summed E-state index contributed by atoms with van der Waals surface area (Å²) in [6.45, 7) is 19.4. The van der Waals surface area contributed by atoms with Gasteiger partial charge < -0.3 is 44.0 Å². The minimum Gasteiger partial charge on any atom is -0.468 e. The number of ether oxygens (including phenoxy) is 6. The van der Waals surface area contributed by atoms with E-state index in [-0.39, 0.29) is 49.3 Å². The van der Waals surface area contributed by atoms with Crippen LogP contribution in [0.1, 0.15) is 112 Å². The van der Waals surface area contributed by atoms with E-state index in [2.05, 4.69) is 46.2 Å². The number of esters is 2. The second-order valence-corrected chi connectivity index (χ2v) is 31.3. The van der Waals surface area contributed by atoms with Gasteiger partial charge in [-0.25, -0.2) is 9.59 Å². The number of rotatable bonds is 29. The Balaban J connectivity index is 0.000000402. The van der Waals surface area contributed by atoms with Crippen LogP contribution >= 0.6 is 0 Å². The van der Waals surface area contributed by atoms with Gasteiger partial charge in [0.1, 0.15) is 29.7 Å². The van der Waals surface area contributed by atoms with Crippen molar-refractivity contribution in [1.29, 1.82) is 0 Å². The Bertz CT molecular complexity index is 1950. The Hall–Kier alpha value is -4.78. The van der Waals surface area contributed by atoms with E-state index >= 15 is 0 Å². The van der Waals surface area contributed by atoms with Crippen molar-refractivity contribution < 1.29 is 52.4 Å². The second-order valence-electron chi connectivity index (χ2n) is 20.1. The molecular formula is C52H81N3O11Si2. The zero-order valence-electron chi connectivity index (χ0n) is 42.4. The fourth-order valence-corrected chi connectivity index (χ4v) is 8.80. The van der Waals surface area contributed by atoms with Gasteiger partial charge in [0.15, 0.2) is 13.6 Å². The minimum absolute atomic E-state index is 0.119. The molecule has 14 nitrogen and oxygen atoms in total. The van der Waals surface area contributed by atoms with Gasteiger partial charge in [-0.3, -0.25) is 14.4 Å². The molecule has 378 valence electrons. The number of amides is 3. The molecule has 2 aliphatic heterocycles. The number of carbonyl (C=O) groups is 5. The molecule has 3 amide bonds. The molecule has 0 spiro atoms. The van der Waals surface area contributed by atoms with Crippen LogP contribution in [-0.4, -0.2) is 108 Å². The minimum atomic E-state index is -1.17. The molecule has 4 rings (SSSR count). The highest BCUT2D eigenvalue weighted by molar-refractivity contribution is 6.76. The zero-order chi connectivity index (χ0) is 50.1. The fraction of sp³-hybridized carbons (Fsp3) is 0.596. The highest BCUT2D eigenvalue weighted by Crippen LogP contribution is 2.25. The molecule has 0 saturated carbocycles. The van der Waals surface area contributed by atoms with Crippen LogP contribution in [0, 0.1) is 5.92 Å². The first kappa shape index (κ1) is 57.5. The van der Waals surface area contributed by atoms with Gasteiger partial charge in [-0.1, -0.05) is 110 Å². The second kappa shape index (κ2) is 30.0. The van der Waals surface area contributed by atoms with Crippen LogP contribution in [0.2, 0.25) is 51.4 Å². The number of primary amides is 1. The third-order valence-corrected chi connectivity index (χ3v) is 15.1. The summed E-state index contributed by atoms with van der Waals surface area (Å²) in [5, 5.41) is 0. The standard InChI is InChI=1S/C33H54N2O6Si.C19H27NO5Si/c1-6-7-8-11-17-28(18-12-9-10-15-26(2)31(34)36)41-33(38)30-20-14-21-35(30)32(37)27-16-13-19-29(24-27)40-25-39-22-23-42(3,4)5;1-23-19(22)17-9-6-10-20(17)18(21)15-7-5-8-16(13-15)25-14-24-11-12-26(2,3)4/h13-14,16,19,21,24,26,28,30H,6-12,15,17-18,20,22-23,25H2,1-5H3,(H2,34,36);5-8,10,13,17H,9,11-12,14H2,1-4H3/t26-,28-,30+;17-/m10/s1. The van der Waals surface area contributed by atoms with Crippen LogP contribution in [0.15, 0.2) is 73.1 Å². The number of unbranched alkanes of at least 4 members (excludes halogenated alkanes) is 5. The Labute approximate surface area is 408 Å². The summed E-state index contributed by atoms with van der Waals surface area (Å²) in [5.41, 5.74) is 6.27. The highest BCUT2D eigenvalue weighted by Gasteiger charge is 2.35. The lowest BCUT2D eigenvalue weighted by atomic mass is 9.99. The first-order chi connectivity index (χ1) is 32.3. The Kier molecular flexibility index (Phi) is 25.4. The summed E-state index contributed by atoms with van der Waals surface area (Å²) in [5.74, 6) is -0.589. The Morgan fingerprint density at radius 2 is 1.12 bits per heavy atom. The van der Waals surface area contributed by atoms with Crippen LogP contribution in [0.25, 0.3) is 0 Å². The van der Waals surface area contributed by atoms with E-state index in [1.807, 2.05) is 13.0 Å². The molecule has 68 heavy (non-hydrogen) atoms. The molecule has 0 bridgehead atoms. The molecule has 0 saturated heterocycles. The van der Waals surface area contributed by atoms with Crippen LogP contribution in [0.3, 0.4) is 0 Å². The lowest BCUT2D eigenvalue weighted by Crippen LogP contribution is -2.41. The third kappa shape index (κ3) is 21.7. The summed E-state index contributed by atoms with van der Waals surface area (Å²) in [4.78, 5) is 65.4. The highest BCUT2D eigenvalue weighted by atomic mass is 28.3. The van der Waals surface area contributed by atoms with Gasteiger partial charge in [-0.2, -0.15) is 0 Å². The number of methoxy groups -OCH3 is 1. The van der Waals surface area contributed by atoms with E-state index < -0.39 is 34.2 Å². The molecule has 0 aromatic heterocycles. The number of nitrogens with two attached hydrogens (primary N) is 1.